The van der Waals surface area contributed by atoms with Gasteiger partial charge < -0.3 is 16.0 Å². The molecule has 1 amide bonds. The van der Waals surface area contributed by atoms with Gasteiger partial charge in [-0.1, -0.05) is 60.7 Å². The quantitative estimate of drug-likeness (QED) is 0.824. The Balaban J connectivity index is 2.04. The van der Waals surface area contributed by atoms with Crippen LogP contribution in [0.15, 0.2) is 60.7 Å². The zero-order valence-electron chi connectivity index (χ0n) is 13.8. The fourth-order valence-electron chi connectivity index (χ4n) is 2.67. The summed E-state index contributed by atoms with van der Waals surface area (Å²) in [6.45, 7) is 0.854. The zero-order chi connectivity index (χ0) is 16.7. The molecule has 0 saturated carbocycles. The highest BCUT2D eigenvalue weighted by Crippen LogP contribution is 2.18. The van der Waals surface area contributed by atoms with Crippen LogP contribution in [0.25, 0.3) is 0 Å². The Bertz CT molecular complexity index is 599. The van der Waals surface area contributed by atoms with Crippen molar-refractivity contribution in [3.63, 3.8) is 0 Å². The first-order valence-electron chi connectivity index (χ1n) is 7.87. The predicted octanol–water partition coefficient (Wildman–Crippen LogP) is 2.15. The van der Waals surface area contributed by atoms with Crippen LogP contribution in [0.1, 0.15) is 23.1 Å². The maximum Gasteiger partial charge on any atom is 0.228 e. The number of benzene rings is 2. The van der Waals surface area contributed by atoms with Gasteiger partial charge in [0.05, 0.1) is 12.0 Å². The molecule has 0 aliphatic carbocycles. The van der Waals surface area contributed by atoms with Crippen LogP contribution in [0.2, 0.25) is 0 Å². The Kier molecular flexibility index (Phi) is 6.32. The average Bonchev–Trinajstić information content (AvgIpc) is 2.57. The first-order valence-corrected chi connectivity index (χ1v) is 7.87. The van der Waals surface area contributed by atoms with Crippen molar-refractivity contribution in [2.75, 3.05) is 27.2 Å². The molecule has 0 heterocycles. The summed E-state index contributed by atoms with van der Waals surface area (Å²) in [6.07, 6.45) is 0. The first kappa shape index (κ1) is 17.2. The van der Waals surface area contributed by atoms with Crippen molar-refractivity contribution in [2.45, 2.75) is 12.0 Å². The Morgan fingerprint density at radius 1 is 1.00 bits per heavy atom. The number of carbonyl (C=O) groups excluding carboxylic acids is 1. The summed E-state index contributed by atoms with van der Waals surface area (Å²) in [5.74, 6) is -0.337. The zero-order valence-corrected chi connectivity index (χ0v) is 13.8. The Hall–Kier alpha value is -2.17. The van der Waals surface area contributed by atoms with Crippen molar-refractivity contribution < 1.29 is 4.79 Å². The van der Waals surface area contributed by atoms with Crippen LogP contribution in [0.3, 0.4) is 0 Å². The third kappa shape index (κ3) is 4.65. The lowest BCUT2D eigenvalue weighted by Gasteiger charge is -2.26. The highest BCUT2D eigenvalue weighted by Gasteiger charge is 2.21. The van der Waals surface area contributed by atoms with E-state index < -0.39 is 0 Å². The maximum absolute atomic E-state index is 12.5. The number of nitrogens with one attached hydrogen (secondary N) is 1. The van der Waals surface area contributed by atoms with Gasteiger partial charge in [0.1, 0.15) is 0 Å². The fourth-order valence-corrected chi connectivity index (χ4v) is 2.67. The molecule has 0 spiro atoms. The molecule has 2 aromatic rings. The van der Waals surface area contributed by atoms with Crippen LogP contribution in [-0.2, 0) is 4.79 Å². The second-order valence-electron chi connectivity index (χ2n) is 5.83. The van der Waals surface area contributed by atoms with Crippen molar-refractivity contribution >= 4 is 5.91 Å². The maximum atomic E-state index is 12.5. The van der Waals surface area contributed by atoms with Gasteiger partial charge in [-0.15, -0.1) is 0 Å². The van der Waals surface area contributed by atoms with E-state index in [1.54, 1.807) is 0 Å². The van der Waals surface area contributed by atoms with E-state index in [-0.39, 0.29) is 17.9 Å². The molecule has 4 heteroatoms. The van der Waals surface area contributed by atoms with Gasteiger partial charge in [-0.3, -0.25) is 4.79 Å². The minimum atomic E-state index is -0.310. The van der Waals surface area contributed by atoms with Gasteiger partial charge in [-0.05, 0) is 25.2 Å². The topological polar surface area (TPSA) is 58.4 Å². The summed E-state index contributed by atoms with van der Waals surface area (Å²) in [5, 5.41) is 3.05. The van der Waals surface area contributed by atoms with Crippen molar-refractivity contribution in [3.05, 3.63) is 71.8 Å². The number of nitrogens with zero attached hydrogens (tertiary/aromatic N) is 1. The van der Waals surface area contributed by atoms with Gasteiger partial charge in [-0.2, -0.15) is 0 Å². The average molecular weight is 311 g/mol. The third-order valence-electron chi connectivity index (χ3n) is 4.03. The highest BCUT2D eigenvalue weighted by atomic mass is 16.1. The molecular weight excluding hydrogens is 286 g/mol. The summed E-state index contributed by atoms with van der Waals surface area (Å²) in [4.78, 5) is 14.6. The van der Waals surface area contributed by atoms with Crippen molar-refractivity contribution in [1.29, 1.82) is 0 Å². The van der Waals surface area contributed by atoms with Crippen LogP contribution < -0.4 is 11.1 Å². The van der Waals surface area contributed by atoms with Crippen molar-refractivity contribution in [2.24, 2.45) is 5.73 Å². The minimum Gasteiger partial charge on any atom is -0.354 e. The molecule has 0 aliphatic rings. The van der Waals surface area contributed by atoms with Gasteiger partial charge in [0.15, 0.2) is 0 Å². The molecule has 2 atom stereocenters. The molecule has 0 bridgehead atoms. The van der Waals surface area contributed by atoms with E-state index in [9.17, 15) is 4.79 Å². The monoisotopic (exact) mass is 311 g/mol. The van der Waals surface area contributed by atoms with Gasteiger partial charge in [-0.25, -0.2) is 0 Å². The molecule has 0 radical (unpaired) electrons. The first-order chi connectivity index (χ1) is 11.1. The standard InChI is InChI=1S/C19H25N3O/c1-22(2)18(16-11-7-4-8-12-16)14-21-19(23)17(13-20)15-9-5-3-6-10-15/h3-12,17-18H,13-14,20H2,1-2H3,(H,21,23). The number of hydrogen-bond donors (Lipinski definition) is 2. The van der Waals surface area contributed by atoms with Gasteiger partial charge >= 0.3 is 0 Å². The molecule has 4 nitrogen and oxygen atoms in total. The molecule has 0 fully saturated rings. The molecule has 0 aliphatic heterocycles. The Morgan fingerprint density at radius 3 is 2.00 bits per heavy atom. The molecule has 2 rings (SSSR count). The SMILES string of the molecule is CN(C)C(CNC(=O)C(CN)c1ccccc1)c1ccccc1. The summed E-state index contributed by atoms with van der Waals surface area (Å²) in [7, 11) is 4.03. The van der Waals surface area contributed by atoms with Crippen LogP contribution in [-0.4, -0.2) is 38.0 Å². The normalized spacial score (nSPS) is 13.6. The van der Waals surface area contributed by atoms with E-state index in [0.29, 0.717) is 13.1 Å². The largest absolute Gasteiger partial charge is 0.354 e. The molecular formula is C19H25N3O. The Morgan fingerprint density at radius 2 is 1.52 bits per heavy atom. The number of nitrogens with two attached hydrogens (primary N) is 1. The van der Waals surface area contributed by atoms with Gasteiger partial charge in [0.25, 0.3) is 0 Å². The summed E-state index contributed by atoms with van der Waals surface area (Å²) < 4.78 is 0. The third-order valence-corrected chi connectivity index (χ3v) is 4.03. The molecule has 2 unspecified atom stereocenters. The summed E-state index contributed by atoms with van der Waals surface area (Å²) in [5.41, 5.74) is 7.95. The minimum absolute atomic E-state index is 0.0264. The predicted molar refractivity (Wildman–Crippen MR) is 94.1 cm³/mol. The van der Waals surface area contributed by atoms with E-state index >= 15 is 0 Å². The molecule has 0 saturated heterocycles. The fraction of sp³-hybridized carbons (Fsp3) is 0.316. The lowest BCUT2D eigenvalue weighted by Crippen LogP contribution is -2.38. The number of hydrogen-bond acceptors (Lipinski definition) is 3. The second kappa shape index (κ2) is 8.46. The lowest BCUT2D eigenvalue weighted by atomic mass is 9.98. The molecule has 122 valence electrons. The lowest BCUT2D eigenvalue weighted by molar-refractivity contribution is -0.122. The highest BCUT2D eigenvalue weighted by molar-refractivity contribution is 5.83. The number of carbonyl (C=O) groups is 1. The number of amides is 1. The van der Waals surface area contributed by atoms with E-state index in [0.717, 1.165) is 5.56 Å². The number of likely N-dealkylation sites (N-methyl/N-ethyl adjacent to an activating group) is 1. The van der Waals surface area contributed by atoms with E-state index in [2.05, 4.69) is 22.3 Å². The van der Waals surface area contributed by atoms with Crippen LogP contribution in [0.4, 0.5) is 0 Å². The second-order valence-corrected chi connectivity index (χ2v) is 5.83. The van der Waals surface area contributed by atoms with Gasteiger partial charge in [0, 0.05) is 13.1 Å². The molecule has 23 heavy (non-hydrogen) atoms. The van der Waals surface area contributed by atoms with Crippen molar-refractivity contribution in [3.8, 4) is 0 Å². The van der Waals surface area contributed by atoms with Crippen LogP contribution >= 0.6 is 0 Å². The smallest absolute Gasteiger partial charge is 0.228 e. The van der Waals surface area contributed by atoms with Crippen LogP contribution in [0.5, 0.6) is 0 Å². The molecule has 3 N–H and O–H groups in total. The summed E-state index contributed by atoms with van der Waals surface area (Å²) >= 11 is 0. The van der Waals surface area contributed by atoms with E-state index in [1.165, 1.54) is 5.56 Å². The van der Waals surface area contributed by atoms with Gasteiger partial charge in [0.2, 0.25) is 5.91 Å². The van der Waals surface area contributed by atoms with Crippen LogP contribution in [0, 0.1) is 0 Å². The van der Waals surface area contributed by atoms with E-state index in [1.807, 2.05) is 62.6 Å². The molecule has 0 aromatic heterocycles. The molecule has 2 aromatic carbocycles. The van der Waals surface area contributed by atoms with E-state index in [4.69, 9.17) is 5.73 Å². The Labute approximate surface area is 138 Å². The summed E-state index contributed by atoms with van der Waals surface area (Å²) in [6, 6.07) is 20.0. The number of rotatable bonds is 7. The van der Waals surface area contributed by atoms with Crippen molar-refractivity contribution in [1.82, 2.24) is 10.2 Å².